The third-order valence-electron chi connectivity index (χ3n) is 2.12. The Kier molecular flexibility index (Phi) is 6.16. The second-order valence-corrected chi connectivity index (χ2v) is 3.67. The number of aryl methyl sites for hydroxylation is 1. The highest BCUT2D eigenvalue weighted by Crippen LogP contribution is 2.00. The van der Waals surface area contributed by atoms with E-state index in [1.807, 2.05) is 0 Å². The Balaban J connectivity index is 2.02. The molecular formula is C11H16N4O3. The molecule has 18 heavy (non-hydrogen) atoms. The minimum absolute atomic E-state index is 0.396. The van der Waals surface area contributed by atoms with E-state index in [9.17, 15) is 9.59 Å². The smallest absolute Gasteiger partial charge is 0.407 e. The van der Waals surface area contributed by atoms with Gasteiger partial charge in [0, 0.05) is 18.9 Å². The van der Waals surface area contributed by atoms with Crippen LogP contribution in [-0.4, -0.2) is 35.1 Å². The quantitative estimate of drug-likeness (QED) is 0.665. The summed E-state index contributed by atoms with van der Waals surface area (Å²) in [6, 6.07) is 0. The molecule has 1 aromatic heterocycles. The van der Waals surface area contributed by atoms with Crippen molar-refractivity contribution in [2.24, 2.45) is 5.73 Å². The van der Waals surface area contributed by atoms with Crippen molar-refractivity contribution < 1.29 is 14.3 Å². The molecule has 0 spiro atoms. The van der Waals surface area contributed by atoms with Gasteiger partial charge in [-0.2, -0.15) is 0 Å². The molecule has 3 N–H and O–H groups in total. The number of nitrogens with zero attached hydrogens (tertiary/aromatic N) is 2. The largest absolute Gasteiger partial charge is 0.439 e. The zero-order valence-electron chi connectivity index (χ0n) is 9.96. The van der Waals surface area contributed by atoms with E-state index >= 15 is 0 Å². The van der Waals surface area contributed by atoms with E-state index in [-0.39, 0.29) is 0 Å². The lowest BCUT2D eigenvalue weighted by Gasteiger charge is -2.05. The van der Waals surface area contributed by atoms with Crippen molar-refractivity contribution in [1.29, 1.82) is 0 Å². The summed E-state index contributed by atoms with van der Waals surface area (Å²) in [7, 11) is 0. The Bertz CT molecular complexity index is 383. The lowest BCUT2D eigenvalue weighted by molar-refractivity contribution is -0.120. The first-order valence-corrected chi connectivity index (χ1v) is 5.61. The van der Waals surface area contributed by atoms with Crippen LogP contribution >= 0.6 is 0 Å². The first-order valence-electron chi connectivity index (χ1n) is 5.61. The minimum Gasteiger partial charge on any atom is -0.439 e. The van der Waals surface area contributed by atoms with E-state index in [2.05, 4.69) is 20.0 Å². The molecule has 0 fully saturated rings. The van der Waals surface area contributed by atoms with Gasteiger partial charge in [-0.1, -0.05) is 0 Å². The highest BCUT2D eigenvalue weighted by atomic mass is 16.6. The van der Waals surface area contributed by atoms with E-state index in [4.69, 9.17) is 5.73 Å². The SMILES string of the molecule is NC(=O)COC(=O)NCCCCc1cncnc1. The lowest BCUT2D eigenvalue weighted by Crippen LogP contribution is -2.29. The Morgan fingerprint density at radius 3 is 2.67 bits per heavy atom. The van der Waals surface area contributed by atoms with Gasteiger partial charge in [-0.05, 0) is 24.8 Å². The van der Waals surface area contributed by atoms with Crippen molar-refractivity contribution in [1.82, 2.24) is 15.3 Å². The maximum Gasteiger partial charge on any atom is 0.407 e. The van der Waals surface area contributed by atoms with Crippen molar-refractivity contribution in [3.8, 4) is 0 Å². The maximum absolute atomic E-state index is 11.0. The van der Waals surface area contributed by atoms with Crippen LogP contribution in [0, 0.1) is 0 Å². The number of ether oxygens (including phenoxy) is 1. The monoisotopic (exact) mass is 252 g/mol. The molecule has 98 valence electrons. The van der Waals surface area contributed by atoms with Gasteiger partial charge in [0.1, 0.15) is 6.33 Å². The lowest BCUT2D eigenvalue weighted by atomic mass is 10.1. The Morgan fingerprint density at radius 2 is 2.00 bits per heavy atom. The molecule has 0 saturated carbocycles. The van der Waals surface area contributed by atoms with E-state index in [1.54, 1.807) is 12.4 Å². The molecule has 0 unspecified atom stereocenters. The fourth-order valence-corrected chi connectivity index (χ4v) is 1.29. The molecule has 1 rings (SSSR count). The van der Waals surface area contributed by atoms with Gasteiger partial charge < -0.3 is 15.8 Å². The molecule has 0 saturated heterocycles. The first-order chi connectivity index (χ1) is 8.68. The van der Waals surface area contributed by atoms with Crippen molar-refractivity contribution in [3.05, 3.63) is 24.3 Å². The van der Waals surface area contributed by atoms with E-state index in [0.29, 0.717) is 6.54 Å². The molecule has 7 nitrogen and oxygen atoms in total. The number of nitrogens with one attached hydrogen (secondary N) is 1. The molecule has 0 aromatic carbocycles. The van der Waals surface area contributed by atoms with Crippen LogP contribution < -0.4 is 11.1 Å². The third-order valence-corrected chi connectivity index (χ3v) is 2.12. The van der Waals surface area contributed by atoms with E-state index in [0.717, 1.165) is 24.8 Å². The predicted octanol–water partition coefficient (Wildman–Crippen LogP) is 0.0108. The fraction of sp³-hybridized carbons (Fsp3) is 0.455. The molecule has 7 heteroatoms. The summed E-state index contributed by atoms with van der Waals surface area (Å²) in [6.45, 7) is 0.0957. The van der Waals surface area contributed by atoms with Crippen LogP contribution in [-0.2, 0) is 16.0 Å². The number of hydrogen-bond donors (Lipinski definition) is 2. The number of alkyl carbamates (subject to hydrolysis) is 1. The second kappa shape index (κ2) is 7.99. The second-order valence-electron chi connectivity index (χ2n) is 3.67. The van der Waals surface area contributed by atoms with Gasteiger partial charge in [-0.3, -0.25) is 4.79 Å². The summed E-state index contributed by atoms with van der Waals surface area (Å²) in [4.78, 5) is 29.2. The molecule has 1 aromatic rings. The number of aromatic nitrogens is 2. The molecular weight excluding hydrogens is 236 g/mol. The number of rotatable bonds is 7. The predicted molar refractivity (Wildman–Crippen MR) is 63.5 cm³/mol. The maximum atomic E-state index is 11.0. The molecule has 1 heterocycles. The van der Waals surface area contributed by atoms with Crippen molar-refractivity contribution in [2.75, 3.05) is 13.2 Å². The van der Waals surface area contributed by atoms with Crippen molar-refractivity contribution >= 4 is 12.0 Å². The van der Waals surface area contributed by atoms with Gasteiger partial charge in [-0.25, -0.2) is 14.8 Å². The van der Waals surface area contributed by atoms with Gasteiger partial charge in [-0.15, -0.1) is 0 Å². The molecule has 0 aliphatic carbocycles. The topological polar surface area (TPSA) is 107 Å². The van der Waals surface area contributed by atoms with Crippen LogP contribution in [0.15, 0.2) is 18.7 Å². The van der Waals surface area contributed by atoms with Gasteiger partial charge in [0.25, 0.3) is 5.91 Å². The third kappa shape index (κ3) is 6.41. The van der Waals surface area contributed by atoms with Gasteiger partial charge in [0.15, 0.2) is 6.61 Å². The van der Waals surface area contributed by atoms with Crippen molar-refractivity contribution in [2.45, 2.75) is 19.3 Å². The normalized spacial score (nSPS) is 9.78. The number of carbonyl (C=O) groups is 2. The average molecular weight is 252 g/mol. The summed E-state index contributed by atoms with van der Waals surface area (Å²) >= 11 is 0. The first kappa shape index (κ1) is 13.9. The zero-order valence-corrected chi connectivity index (χ0v) is 9.96. The number of unbranched alkanes of at least 4 members (excludes halogenated alkanes) is 1. The summed E-state index contributed by atoms with van der Waals surface area (Å²) in [5.41, 5.74) is 5.89. The number of amides is 2. The van der Waals surface area contributed by atoms with Crippen LogP contribution in [0.1, 0.15) is 18.4 Å². The van der Waals surface area contributed by atoms with E-state index < -0.39 is 18.6 Å². The molecule has 0 atom stereocenters. The molecule has 2 amide bonds. The molecule has 0 aliphatic heterocycles. The number of carbonyl (C=O) groups excluding carboxylic acids is 2. The summed E-state index contributed by atoms with van der Waals surface area (Å²) in [5.74, 6) is -0.672. The van der Waals surface area contributed by atoms with Crippen LogP contribution in [0.5, 0.6) is 0 Å². The number of primary amides is 1. The highest BCUT2D eigenvalue weighted by molar-refractivity contribution is 5.78. The van der Waals surface area contributed by atoms with Gasteiger partial charge in [0.2, 0.25) is 0 Å². The summed E-state index contributed by atoms with van der Waals surface area (Å²) in [6.07, 6.45) is 6.96. The Labute approximate surface area is 105 Å². The summed E-state index contributed by atoms with van der Waals surface area (Å²) < 4.78 is 4.52. The van der Waals surface area contributed by atoms with Gasteiger partial charge in [0.05, 0.1) is 0 Å². The molecule has 0 radical (unpaired) electrons. The average Bonchev–Trinajstić information content (AvgIpc) is 2.37. The Hall–Kier alpha value is -2.18. The van der Waals surface area contributed by atoms with Crippen LogP contribution in [0.4, 0.5) is 4.79 Å². The summed E-state index contributed by atoms with van der Waals surface area (Å²) in [5, 5.41) is 2.52. The number of nitrogens with two attached hydrogens (primary N) is 1. The van der Waals surface area contributed by atoms with Gasteiger partial charge >= 0.3 is 6.09 Å². The number of hydrogen-bond acceptors (Lipinski definition) is 5. The Morgan fingerprint density at radius 1 is 1.28 bits per heavy atom. The van der Waals surface area contributed by atoms with Crippen molar-refractivity contribution in [3.63, 3.8) is 0 Å². The standard InChI is InChI=1S/C11H16N4O3/c12-10(16)7-18-11(17)15-4-2-1-3-9-5-13-8-14-6-9/h5-6,8H,1-4,7H2,(H2,12,16)(H,15,17). The zero-order chi connectivity index (χ0) is 13.2. The van der Waals surface area contributed by atoms with E-state index in [1.165, 1.54) is 6.33 Å². The van der Waals surface area contributed by atoms with Crippen LogP contribution in [0.25, 0.3) is 0 Å². The highest BCUT2D eigenvalue weighted by Gasteiger charge is 2.02. The minimum atomic E-state index is -0.672. The van der Waals surface area contributed by atoms with Crippen LogP contribution in [0.3, 0.4) is 0 Å². The molecule has 0 bridgehead atoms. The fourth-order valence-electron chi connectivity index (χ4n) is 1.29. The molecule has 0 aliphatic rings. The van der Waals surface area contributed by atoms with Crippen LogP contribution in [0.2, 0.25) is 0 Å².